The molecule has 0 aliphatic carbocycles. The van der Waals surface area contributed by atoms with Crippen molar-refractivity contribution in [1.29, 1.82) is 0 Å². The van der Waals surface area contributed by atoms with Crippen molar-refractivity contribution in [3.05, 3.63) is 35.4 Å². The van der Waals surface area contributed by atoms with Gasteiger partial charge in [-0.1, -0.05) is 38.1 Å². The normalized spacial score (nSPS) is 21.5. The SMILES string of the molecule is Cc1ccccc1[C@@H](NC(=O)N[C@H]1CCS(=O)(=O)C1)C(C)C. The van der Waals surface area contributed by atoms with E-state index in [4.69, 9.17) is 0 Å². The van der Waals surface area contributed by atoms with Gasteiger partial charge < -0.3 is 10.6 Å². The van der Waals surface area contributed by atoms with Crippen molar-refractivity contribution >= 4 is 15.9 Å². The van der Waals surface area contributed by atoms with Crippen molar-refractivity contribution in [3.63, 3.8) is 0 Å². The van der Waals surface area contributed by atoms with Gasteiger partial charge in [0.15, 0.2) is 9.84 Å². The molecule has 1 fully saturated rings. The molecular weight excluding hydrogens is 300 g/mol. The van der Waals surface area contributed by atoms with Crippen LogP contribution in [-0.2, 0) is 9.84 Å². The minimum Gasteiger partial charge on any atom is -0.334 e. The van der Waals surface area contributed by atoms with Crippen LogP contribution in [0.25, 0.3) is 0 Å². The zero-order valence-electron chi connectivity index (χ0n) is 13.3. The van der Waals surface area contributed by atoms with Crippen LogP contribution >= 0.6 is 0 Å². The maximum atomic E-state index is 12.2. The lowest BCUT2D eigenvalue weighted by Crippen LogP contribution is -2.45. The lowest BCUT2D eigenvalue weighted by molar-refractivity contribution is 0.230. The van der Waals surface area contributed by atoms with Gasteiger partial charge in [-0.25, -0.2) is 13.2 Å². The summed E-state index contributed by atoms with van der Waals surface area (Å²) >= 11 is 0. The second-order valence-electron chi connectivity index (χ2n) is 6.30. The number of carbonyl (C=O) groups excluding carboxylic acids is 1. The molecule has 0 saturated carbocycles. The van der Waals surface area contributed by atoms with Crippen molar-refractivity contribution in [2.75, 3.05) is 11.5 Å². The van der Waals surface area contributed by atoms with Gasteiger partial charge in [0.1, 0.15) is 0 Å². The van der Waals surface area contributed by atoms with Gasteiger partial charge in [0.2, 0.25) is 0 Å². The number of nitrogens with one attached hydrogen (secondary N) is 2. The van der Waals surface area contributed by atoms with Crippen LogP contribution in [0.4, 0.5) is 4.79 Å². The van der Waals surface area contributed by atoms with E-state index in [9.17, 15) is 13.2 Å². The molecule has 5 nitrogen and oxygen atoms in total. The number of benzene rings is 1. The summed E-state index contributed by atoms with van der Waals surface area (Å²) in [4.78, 5) is 12.2. The van der Waals surface area contributed by atoms with Gasteiger partial charge in [0.25, 0.3) is 0 Å². The first-order chi connectivity index (χ1) is 10.3. The van der Waals surface area contributed by atoms with E-state index in [1.807, 2.05) is 31.2 Å². The van der Waals surface area contributed by atoms with Crippen LogP contribution in [0.1, 0.15) is 37.4 Å². The Labute approximate surface area is 132 Å². The lowest BCUT2D eigenvalue weighted by atomic mass is 9.93. The summed E-state index contributed by atoms with van der Waals surface area (Å²) in [6.45, 7) is 6.13. The first-order valence-electron chi connectivity index (χ1n) is 7.61. The quantitative estimate of drug-likeness (QED) is 0.891. The maximum Gasteiger partial charge on any atom is 0.315 e. The van der Waals surface area contributed by atoms with Crippen molar-refractivity contribution < 1.29 is 13.2 Å². The van der Waals surface area contributed by atoms with E-state index in [-0.39, 0.29) is 35.5 Å². The standard InChI is InChI=1S/C16H24N2O3S/c1-11(2)15(14-7-5-4-6-12(14)3)18-16(19)17-13-8-9-22(20,21)10-13/h4-7,11,13,15H,8-10H2,1-3H3,(H2,17,18,19)/t13-,15-/m0/s1. The van der Waals surface area contributed by atoms with Gasteiger partial charge in [-0.2, -0.15) is 0 Å². The van der Waals surface area contributed by atoms with E-state index in [0.717, 1.165) is 11.1 Å². The number of hydrogen-bond acceptors (Lipinski definition) is 3. The van der Waals surface area contributed by atoms with Gasteiger partial charge in [0, 0.05) is 6.04 Å². The number of sulfone groups is 1. The maximum absolute atomic E-state index is 12.2. The summed E-state index contributed by atoms with van der Waals surface area (Å²) in [6, 6.07) is 7.28. The number of carbonyl (C=O) groups is 1. The molecule has 0 radical (unpaired) electrons. The first-order valence-corrected chi connectivity index (χ1v) is 9.43. The van der Waals surface area contributed by atoms with Gasteiger partial charge in [0.05, 0.1) is 17.5 Å². The van der Waals surface area contributed by atoms with Gasteiger partial charge in [-0.15, -0.1) is 0 Å². The average molecular weight is 324 g/mol. The fourth-order valence-corrected chi connectivity index (χ4v) is 4.49. The Morgan fingerprint density at radius 1 is 1.27 bits per heavy atom. The molecule has 0 bridgehead atoms. The summed E-state index contributed by atoms with van der Waals surface area (Å²) in [6.07, 6.45) is 0.493. The summed E-state index contributed by atoms with van der Waals surface area (Å²) in [5.41, 5.74) is 2.22. The number of aryl methyl sites for hydroxylation is 1. The van der Waals surface area contributed by atoms with E-state index < -0.39 is 9.84 Å². The van der Waals surface area contributed by atoms with Gasteiger partial charge in [-0.05, 0) is 30.4 Å². The van der Waals surface area contributed by atoms with Crippen LogP contribution in [0.15, 0.2) is 24.3 Å². The Kier molecular flexibility index (Phi) is 5.11. The zero-order valence-corrected chi connectivity index (χ0v) is 14.1. The summed E-state index contributed by atoms with van der Waals surface area (Å²) in [5.74, 6) is 0.430. The van der Waals surface area contributed by atoms with E-state index >= 15 is 0 Å². The van der Waals surface area contributed by atoms with Gasteiger partial charge >= 0.3 is 6.03 Å². The lowest BCUT2D eigenvalue weighted by Gasteiger charge is -2.25. The molecule has 1 saturated heterocycles. The topological polar surface area (TPSA) is 75.3 Å². The number of rotatable bonds is 4. The molecule has 122 valence electrons. The molecule has 22 heavy (non-hydrogen) atoms. The van der Waals surface area contributed by atoms with Crippen molar-refractivity contribution in [2.24, 2.45) is 5.92 Å². The monoisotopic (exact) mass is 324 g/mol. The second kappa shape index (κ2) is 6.69. The Bertz CT molecular complexity index is 641. The van der Waals surface area contributed by atoms with E-state index in [0.29, 0.717) is 6.42 Å². The highest BCUT2D eigenvalue weighted by molar-refractivity contribution is 7.91. The fraction of sp³-hybridized carbons (Fsp3) is 0.562. The summed E-state index contributed by atoms with van der Waals surface area (Å²) < 4.78 is 22.9. The molecule has 2 amide bonds. The number of urea groups is 1. The average Bonchev–Trinajstić information content (AvgIpc) is 2.76. The molecule has 6 heteroatoms. The molecule has 1 aliphatic heterocycles. The second-order valence-corrected chi connectivity index (χ2v) is 8.52. The van der Waals surface area contributed by atoms with Gasteiger partial charge in [-0.3, -0.25) is 0 Å². The Morgan fingerprint density at radius 3 is 2.50 bits per heavy atom. The van der Waals surface area contributed by atoms with Crippen LogP contribution in [0.5, 0.6) is 0 Å². The van der Waals surface area contributed by atoms with E-state index in [1.54, 1.807) is 0 Å². The van der Waals surface area contributed by atoms with E-state index in [1.165, 1.54) is 0 Å². The largest absolute Gasteiger partial charge is 0.334 e. The fourth-order valence-electron chi connectivity index (χ4n) is 2.82. The zero-order chi connectivity index (χ0) is 16.3. The highest BCUT2D eigenvalue weighted by Gasteiger charge is 2.29. The number of hydrogen-bond donors (Lipinski definition) is 2. The minimum absolute atomic E-state index is 0.0388. The van der Waals surface area contributed by atoms with Crippen LogP contribution in [0.3, 0.4) is 0 Å². The summed E-state index contributed by atoms with van der Waals surface area (Å²) in [5, 5.41) is 5.76. The minimum atomic E-state index is -2.99. The molecule has 0 spiro atoms. The molecule has 2 N–H and O–H groups in total. The molecule has 2 rings (SSSR count). The molecule has 0 aromatic heterocycles. The molecular formula is C16H24N2O3S. The Balaban J connectivity index is 2.03. The predicted molar refractivity (Wildman–Crippen MR) is 87.5 cm³/mol. The van der Waals surface area contributed by atoms with Crippen molar-refractivity contribution in [2.45, 2.75) is 39.3 Å². The Morgan fingerprint density at radius 2 is 1.95 bits per heavy atom. The Hall–Kier alpha value is -1.56. The smallest absolute Gasteiger partial charge is 0.315 e. The van der Waals surface area contributed by atoms with Crippen molar-refractivity contribution in [1.82, 2.24) is 10.6 Å². The third kappa shape index (κ3) is 4.22. The van der Waals surface area contributed by atoms with Crippen LogP contribution in [-0.4, -0.2) is 32.0 Å². The number of amides is 2. The van der Waals surface area contributed by atoms with E-state index in [2.05, 4.69) is 24.5 Å². The molecule has 2 atom stereocenters. The molecule has 1 aromatic carbocycles. The van der Waals surface area contributed by atoms with Crippen LogP contribution in [0.2, 0.25) is 0 Å². The summed E-state index contributed by atoms with van der Waals surface area (Å²) in [7, 11) is -2.99. The van der Waals surface area contributed by atoms with Crippen molar-refractivity contribution in [3.8, 4) is 0 Å². The molecule has 1 aromatic rings. The third-order valence-corrected chi connectivity index (χ3v) is 5.81. The van der Waals surface area contributed by atoms with Crippen LogP contribution in [0, 0.1) is 12.8 Å². The third-order valence-electron chi connectivity index (χ3n) is 4.04. The van der Waals surface area contributed by atoms with Crippen LogP contribution < -0.4 is 10.6 Å². The molecule has 1 aliphatic rings. The molecule has 0 unspecified atom stereocenters. The highest BCUT2D eigenvalue weighted by Crippen LogP contribution is 2.24. The molecule has 1 heterocycles. The highest BCUT2D eigenvalue weighted by atomic mass is 32.2. The predicted octanol–water partition coefficient (Wildman–Crippen LogP) is 2.18. The first kappa shape index (κ1) is 16.8.